The first kappa shape index (κ1) is 19.3. The summed E-state index contributed by atoms with van der Waals surface area (Å²) in [5.74, 6) is 1.22. The minimum Gasteiger partial charge on any atom is -0.338 e. The maximum Gasteiger partial charge on any atom is 0.240 e. The Morgan fingerprint density at radius 2 is 1.66 bits per heavy atom. The number of rotatable bonds is 5. The van der Waals surface area contributed by atoms with Crippen LogP contribution in [0.15, 0.2) is 71.3 Å². The van der Waals surface area contributed by atoms with E-state index in [1.165, 1.54) is 21.9 Å². The lowest BCUT2D eigenvalue weighted by molar-refractivity contribution is 0.360. The summed E-state index contributed by atoms with van der Waals surface area (Å²) in [4.78, 5) is 4.55. The van der Waals surface area contributed by atoms with Gasteiger partial charge in [-0.25, -0.2) is 0 Å². The Kier molecular flexibility index (Phi) is 5.20. The summed E-state index contributed by atoms with van der Waals surface area (Å²) in [6, 6.07) is 23.5. The van der Waals surface area contributed by atoms with Crippen LogP contribution < -0.4 is 5.32 Å². The van der Waals surface area contributed by atoms with Crippen molar-refractivity contribution in [2.24, 2.45) is 0 Å². The van der Waals surface area contributed by atoms with Gasteiger partial charge in [0.1, 0.15) is 0 Å². The zero-order valence-corrected chi connectivity index (χ0v) is 17.4. The Labute approximate surface area is 172 Å². The molecule has 0 fully saturated rings. The van der Waals surface area contributed by atoms with Crippen molar-refractivity contribution in [3.63, 3.8) is 0 Å². The average molecular weight is 386 g/mol. The summed E-state index contributed by atoms with van der Waals surface area (Å²) >= 11 is 0. The van der Waals surface area contributed by atoms with Crippen molar-refractivity contribution >= 4 is 10.8 Å². The van der Waals surface area contributed by atoms with Crippen LogP contribution in [-0.4, -0.2) is 10.1 Å². The van der Waals surface area contributed by atoms with Crippen LogP contribution in [-0.2, 0) is 12.0 Å². The highest BCUT2D eigenvalue weighted by Gasteiger charge is 2.15. The molecule has 0 bridgehead atoms. The SMILES string of the molecule is CC(NCc1nc(-c2ccc(C(C)(C)C)cc2)no1)c1ccc2ccccc2c1. The molecule has 29 heavy (non-hydrogen) atoms. The van der Waals surface area contributed by atoms with E-state index in [4.69, 9.17) is 4.52 Å². The molecule has 0 aliphatic rings. The smallest absolute Gasteiger partial charge is 0.240 e. The van der Waals surface area contributed by atoms with Gasteiger partial charge in [0.05, 0.1) is 6.54 Å². The van der Waals surface area contributed by atoms with Gasteiger partial charge >= 0.3 is 0 Å². The number of aromatic nitrogens is 2. The highest BCUT2D eigenvalue weighted by Crippen LogP contribution is 2.25. The van der Waals surface area contributed by atoms with Crippen LogP contribution in [0.5, 0.6) is 0 Å². The molecule has 0 spiro atoms. The minimum atomic E-state index is 0.129. The standard InChI is InChI=1S/C25H27N3O/c1-17(20-10-9-18-7-5-6-8-21(18)15-20)26-16-23-27-24(28-29-23)19-11-13-22(14-12-19)25(2,3)4/h5-15,17,26H,16H2,1-4H3. The molecule has 1 heterocycles. The largest absolute Gasteiger partial charge is 0.338 e. The lowest BCUT2D eigenvalue weighted by atomic mass is 9.87. The third kappa shape index (κ3) is 4.38. The Balaban J connectivity index is 1.42. The zero-order valence-electron chi connectivity index (χ0n) is 17.4. The minimum absolute atomic E-state index is 0.129. The highest BCUT2D eigenvalue weighted by atomic mass is 16.5. The second-order valence-corrected chi connectivity index (χ2v) is 8.55. The second-order valence-electron chi connectivity index (χ2n) is 8.55. The van der Waals surface area contributed by atoms with E-state index >= 15 is 0 Å². The Bertz CT molecular complexity index is 1110. The Morgan fingerprint density at radius 3 is 2.38 bits per heavy atom. The van der Waals surface area contributed by atoms with Crippen molar-refractivity contribution in [3.05, 3.63) is 83.7 Å². The third-order valence-corrected chi connectivity index (χ3v) is 5.31. The summed E-state index contributed by atoms with van der Waals surface area (Å²) in [6.45, 7) is 9.29. The van der Waals surface area contributed by atoms with Crippen LogP contribution in [0.2, 0.25) is 0 Å². The van der Waals surface area contributed by atoms with Crippen molar-refractivity contribution < 1.29 is 4.52 Å². The van der Waals surface area contributed by atoms with Crippen molar-refractivity contribution in [1.29, 1.82) is 0 Å². The van der Waals surface area contributed by atoms with Crippen molar-refractivity contribution in [3.8, 4) is 11.4 Å². The van der Waals surface area contributed by atoms with Crippen LogP contribution >= 0.6 is 0 Å². The number of hydrogen-bond donors (Lipinski definition) is 1. The van der Waals surface area contributed by atoms with E-state index in [0.717, 1.165) is 5.56 Å². The third-order valence-electron chi connectivity index (χ3n) is 5.31. The van der Waals surface area contributed by atoms with Crippen LogP contribution in [0.3, 0.4) is 0 Å². The van der Waals surface area contributed by atoms with Gasteiger partial charge in [-0.15, -0.1) is 0 Å². The van der Waals surface area contributed by atoms with Gasteiger partial charge in [-0.3, -0.25) is 0 Å². The van der Waals surface area contributed by atoms with Gasteiger partial charge in [0.15, 0.2) is 0 Å². The van der Waals surface area contributed by atoms with Gasteiger partial charge in [0.2, 0.25) is 11.7 Å². The summed E-state index contributed by atoms with van der Waals surface area (Å²) in [7, 11) is 0. The van der Waals surface area contributed by atoms with E-state index in [2.05, 4.69) is 110 Å². The molecular weight excluding hydrogens is 358 g/mol. The van der Waals surface area contributed by atoms with Gasteiger partial charge in [0.25, 0.3) is 0 Å². The van der Waals surface area contributed by atoms with Gasteiger partial charge in [0, 0.05) is 11.6 Å². The molecule has 0 aliphatic carbocycles. The fourth-order valence-corrected chi connectivity index (χ4v) is 3.40. The summed E-state index contributed by atoms with van der Waals surface area (Å²) < 4.78 is 5.45. The molecule has 1 atom stereocenters. The number of nitrogens with zero attached hydrogens (tertiary/aromatic N) is 2. The topological polar surface area (TPSA) is 51.0 Å². The quantitative estimate of drug-likeness (QED) is 0.455. The molecule has 0 saturated heterocycles. The molecule has 1 aromatic heterocycles. The number of benzene rings is 3. The first-order chi connectivity index (χ1) is 13.9. The molecule has 4 heteroatoms. The van der Waals surface area contributed by atoms with E-state index in [0.29, 0.717) is 18.3 Å². The highest BCUT2D eigenvalue weighted by molar-refractivity contribution is 5.83. The van der Waals surface area contributed by atoms with Gasteiger partial charge < -0.3 is 9.84 Å². The summed E-state index contributed by atoms with van der Waals surface area (Å²) in [5.41, 5.74) is 3.62. The molecular formula is C25H27N3O. The van der Waals surface area contributed by atoms with Crippen molar-refractivity contribution in [2.45, 2.75) is 45.7 Å². The Hall–Kier alpha value is -2.98. The molecule has 3 aromatic carbocycles. The maximum atomic E-state index is 5.45. The summed E-state index contributed by atoms with van der Waals surface area (Å²) in [5, 5.41) is 10.1. The first-order valence-corrected chi connectivity index (χ1v) is 10.1. The maximum absolute atomic E-state index is 5.45. The molecule has 4 nitrogen and oxygen atoms in total. The van der Waals surface area contributed by atoms with E-state index in [-0.39, 0.29) is 11.5 Å². The van der Waals surface area contributed by atoms with Gasteiger partial charge in [-0.1, -0.05) is 86.6 Å². The lowest BCUT2D eigenvalue weighted by Gasteiger charge is -2.18. The van der Waals surface area contributed by atoms with Crippen LogP contribution in [0.4, 0.5) is 0 Å². The fraction of sp³-hybridized carbons (Fsp3) is 0.280. The molecule has 148 valence electrons. The molecule has 4 rings (SSSR count). The normalized spacial score (nSPS) is 13.0. The van der Waals surface area contributed by atoms with Crippen LogP contribution in [0, 0.1) is 0 Å². The molecule has 0 radical (unpaired) electrons. The van der Waals surface area contributed by atoms with E-state index in [9.17, 15) is 0 Å². The summed E-state index contributed by atoms with van der Waals surface area (Å²) in [6.07, 6.45) is 0. The predicted octanol–water partition coefficient (Wildman–Crippen LogP) is 6.04. The molecule has 0 amide bonds. The molecule has 1 unspecified atom stereocenters. The van der Waals surface area contributed by atoms with Crippen LogP contribution in [0.1, 0.15) is 50.8 Å². The fourth-order valence-electron chi connectivity index (χ4n) is 3.40. The van der Waals surface area contributed by atoms with Gasteiger partial charge in [-0.2, -0.15) is 4.98 Å². The number of nitrogens with one attached hydrogen (secondary N) is 1. The molecule has 0 saturated carbocycles. The van der Waals surface area contributed by atoms with Crippen LogP contribution in [0.25, 0.3) is 22.2 Å². The second kappa shape index (κ2) is 7.80. The van der Waals surface area contributed by atoms with E-state index < -0.39 is 0 Å². The van der Waals surface area contributed by atoms with Crippen molar-refractivity contribution in [1.82, 2.24) is 15.5 Å². The van der Waals surface area contributed by atoms with E-state index in [1.54, 1.807) is 0 Å². The Morgan fingerprint density at radius 1 is 0.931 bits per heavy atom. The number of fused-ring (bicyclic) bond motifs is 1. The average Bonchev–Trinajstić information content (AvgIpc) is 3.20. The van der Waals surface area contributed by atoms with Crippen molar-refractivity contribution in [2.75, 3.05) is 0 Å². The van der Waals surface area contributed by atoms with Gasteiger partial charge in [-0.05, 0) is 40.3 Å². The monoisotopic (exact) mass is 385 g/mol. The predicted molar refractivity (Wildman–Crippen MR) is 118 cm³/mol. The molecule has 1 N–H and O–H groups in total. The molecule has 0 aliphatic heterocycles. The molecule has 4 aromatic rings. The zero-order chi connectivity index (χ0) is 20.4. The first-order valence-electron chi connectivity index (χ1n) is 10.1. The lowest BCUT2D eigenvalue weighted by Crippen LogP contribution is -2.18. The van der Waals surface area contributed by atoms with E-state index in [1.807, 2.05) is 0 Å². The number of hydrogen-bond acceptors (Lipinski definition) is 4.